The SMILES string of the molecule is CC1(C)CCN(C(=O)CC#N)C1. The summed E-state index contributed by atoms with van der Waals surface area (Å²) in [6.45, 7) is 5.90. The Morgan fingerprint density at radius 3 is 2.75 bits per heavy atom. The standard InChI is InChI=1S/C9H14N2O/c1-9(2)4-6-11(7-9)8(12)3-5-10/h3-4,6-7H2,1-2H3. The van der Waals surface area contributed by atoms with E-state index >= 15 is 0 Å². The summed E-state index contributed by atoms with van der Waals surface area (Å²) in [5.74, 6) is -0.0249. The molecule has 1 amide bonds. The van der Waals surface area contributed by atoms with E-state index in [1.165, 1.54) is 0 Å². The molecule has 0 saturated carbocycles. The van der Waals surface area contributed by atoms with Gasteiger partial charge in [0.15, 0.2) is 0 Å². The molecule has 1 rings (SSSR count). The van der Waals surface area contributed by atoms with Crippen molar-refractivity contribution in [2.24, 2.45) is 5.41 Å². The van der Waals surface area contributed by atoms with E-state index in [1.807, 2.05) is 6.07 Å². The summed E-state index contributed by atoms with van der Waals surface area (Å²) < 4.78 is 0. The minimum atomic E-state index is -0.0249. The first-order valence-corrected chi connectivity index (χ1v) is 4.20. The Morgan fingerprint density at radius 1 is 1.67 bits per heavy atom. The smallest absolute Gasteiger partial charge is 0.236 e. The van der Waals surface area contributed by atoms with Gasteiger partial charge < -0.3 is 4.90 Å². The summed E-state index contributed by atoms with van der Waals surface area (Å²) >= 11 is 0. The van der Waals surface area contributed by atoms with Gasteiger partial charge in [0.2, 0.25) is 5.91 Å². The number of likely N-dealkylation sites (tertiary alicyclic amines) is 1. The van der Waals surface area contributed by atoms with Gasteiger partial charge >= 0.3 is 0 Å². The van der Waals surface area contributed by atoms with Crippen LogP contribution in [0.2, 0.25) is 0 Å². The minimum Gasteiger partial charge on any atom is -0.341 e. The molecule has 0 bridgehead atoms. The molecule has 0 aliphatic carbocycles. The van der Waals surface area contributed by atoms with Crippen LogP contribution in [0.25, 0.3) is 0 Å². The highest BCUT2D eigenvalue weighted by molar-refractivity contribution is 5.78. The fourth-order valence-electron chi connectivity index (χ4n) is 1.50. The predicted molar refractivity (Wildman–Crippen MR) is 45.2 cm³/mol. The molecule has 0 aromatic heterocycles. The van der Waals surface area contributed by atoms with Gasteiger partial charge in [0.1, 0.15) is 6.42 Å². The normalized spacial score (nSPS) is 20.6. The zero-order valence-electron chi connectivity index (χ0n) is 7.63. The number of amides is 1. The Kier molecular flexibility index (Phi) is 2.37. The molecule has 3 nitrogen and oxygen atoms in total. The van der Waals surface area contributed by atoms with Crippen LogP contribution in [0.5, 0.6) is 0 Å². The fraction of sp³-hybridized carbons (Fsp3) is 0.778. The molecule has 1 heterocycles. The molecule has 12 heavy (non-hydrogen) atoms. The molecule has 3 heteroatoms. The van der Waals surface area contributed by atoms with Crippen LogP contribution in [0.3, 0.4) is 0 Å². The van der Waals surface area contributed by atoms with E-state index in [-0.39, 0.29) is 17.7 Å². The van der Waals surface area contributed by atoms with E-state index in [4.69, 9.17) is 5.26 Å². The van der Waals surface area contributed by atoms with Crippen molar-refractivity contribution < 1.29 is 4.79 Å². The fourth-order valence-corrected chi connectivity index (χ4v) is 1.50. The second-order valence-electron chi connectivity index (χ2n) is 4.06. The van der Waals surface area contributed by atoms with Crippen molar-refractivity contribution >= 4 is 5.91 Å². The van der Waals surface area contributed by atoms with Crippen molar-refractivity contribution in [1.29, 1.82) is 5.26 Å². The van der Waals surface area contributed by atoms with Crippen molar-refractivity contribution in [2.75, 3.05) is 13.1 Å². The molecule has 0 N–H and O–H groups in total. The predicted octanol–water partition coefficient (Wildman–Crippen LogP) is 1.16. The average Bonchev–Trinajstić information content (AvgIpc) is 2.31. The van der Waals surface area contributed by atoms with E-state index in [9.17, 15) is 4.79 Å². The second-order valence-corrected chi connectivity index (χ2v) is 4.06. The molecule has 66 valence electrons. The van der Waals surface area contributed by atoms with Crippen LogP contribution in [0.4, 0.5) is 0 Å². The van der Waals surface area contributed by atoms with Gasteiger partial charge in [0, 0.05) is 13.1 Å². The molecule has 0 aromatic carbocycles. The van der Waals surface area contributed by atoms with Crippen LogP contribution in [0.15, 0.2) is 0 Å². The Labute approximate surface area is 73.0 Å². The molecule has 1 aliphatic rings. The number of nitrogens with zero attached hydrogens (tertiary/aromatic N) is 2. The Balaban J connectivity index is 2.48. The van der Waals surface area contributed by atoms with Crippen molar-refractivity contribution in [1.82, 2.24) is 4.90 Å². The lowest BCUT2D eigenvalue weighted by atomic mass is 9.93. The van der Waals surface area contributed by atoms with Gasteiger partial charge in [-0.2, -0.15) is 5.26 Å². The van der Waals surface area contributed by atoms with Gasteiger partial charge in [-0.3, -0.25) is 4.79 Å². The zero-order valence-corrected chi connectivity index (χ0v) is 7.63. The first-order valence-electron chi connectivity index (χ1n) is 4.20. The van der Waals surface area contributed by atoms with Crippen LogP contribution >= 0.6 is 0 Å². The number of carbonyl (C=O) groups excluding carboxylic acids is 1. The van der Waals surface area contributed by atoms with Crippen LogP contribution in [0, 0.1) is 16.7 Å². The largest absolute Gasteiger partial charge is 0.341 e. The minimum absolute atomic E-state index is 0.0239. The van der Waals surface area contributed by atoms with Crippen molar-refractivity contribution in [2.45, 2.75) is 26.7 Å². The van der Waals surface area contributed by atoms with E-state index in [2.05, 4.69) is 13.8 Å². The molecule has 1 fully saturated rings. The highest BCUT2D eigenvalue weighted by atomic mass is 16.2. The Morgan fingerprint density at radius 2 is 2.33 bits per heavy atom. The number of hydrogen-bond acceptors (Lipinski definition) is 2. The summed E-state index contributed by atoms with van der Waals surface area (Å²) in [5.41, 5.74) is 0.241. The summed E-state index contributed by atoms with van der Waals surface area (Å²) in [5, 5.41) is 8.33. The van der Waals surface area contributed by atoms with Crippen molar-refractivity contribution in [3.8, 4) is 6.07 Å². The molecule has 0 atom stereocenters. The molecule has 0 aromatic rings. The summed E-state index contributed by atoms with van der Waals surface area (Å²) in [7, 11) is 0. The van der Waals surface area contributed by atoms with Crippen molar-refractivity contribution in [3.05, 3.63) is 0 Å². The molecular weight excluding hydrogens is 152 g/mol. The molecule has 1 saturated heterocycles. The van der Waals surface area contributed by atoms with Gasteiger partial charge in [-0.1, -0.05) is 13.8 Å². The monoisotopic (exact) mass is 166 g/mol. The van der Waals surface area contributed by atoms with Gasteiger partial charge in [0.05, 0.1) is 6.07 Å². The summed E-state index contributed by atoms with van der Waals surface area (Å²) in [4.78, 5) is 13.0. The summed E-state index contributed by atoms with van der Waals surface area (Å²) in [6, 6.07) is 1.88. The maximum absolute atomic E-state index is 11.2. The summed E-state index contributed by atoms with van der Waals surface area (Å²) in [6.07, 6.45) is 1.07. The highest BCUT2D eigenvalue weighted by Gasteiger charge is 2.31. The van der Waals surface area contributed by atoms with Crippen LogP contribution in [0.1, 0.15) is 26.7 Å². The number of nitriles is 1. The molecule has 0 spiro atoms. The number of carbonyl (C=O) groups is 1. The van der Waals surface area contributed by atoms with Crippen LogP contribution in [-0.2, 0) is 4.79 Å². The van der Waals surface area contributed by atoms with Gasteiger partial charge in [-0.25, -0.2) is 0 Å². The lowest BCUT2D eigenvalue weighted by Crippen LogP contribution is -2.29. The lowest BCUT2D eigenvalue weighted by Gasteiger charge is -2.18. The third kappa shape index (κ3) is 1.97. The van der Waals surface area contributed by atoms with E-state index < -0.39 is 0 Å². The van der Waals surface area contributed by atoms with Crippen LogP contribution in [-0.4, -0.2) is 23.9 Å². The third-order valence-electron chi connectivity index (χ3n) is 2.26. The van der Waals surface area contributed by atoms with Crippen LogP contribution < -0.4 is 0 Å². The van der Waals surface area contributed by atoms with Crippen molar-refractivity contribution in [3.63, 3.8) is 0 Å². The number of hydrogen-bond donors (Lipinski definition) is 0. The Bertz CT molecular complexity index is 227. The zero-order chi connectivity index (χ0) is 9.19. The molecule has 0 unspecified atom stereocenters. The van der Waals surface area contributed by atoms with Gasteiger partial charge in [0.25, 0.3) is 0 Å². The van der Waals surface area contributed by atoms with E-state index in [1.54, 1.807) is 4.90 Å². The first-order chi connectivity index (χ1) is 5.55. The highest BCUT2D eigenvalue weighted by Crippen LogP contribution is 2.28. The van der Waals surface area contributed by atoms with E-state index in [0.29, 0.717) is 0 Å². The molecule has 1 aliphatic heterocycles. The molecular formula is C9H14N2O. The average molecular weight is 166 g/mol. The van der Waals surface area contributed by atoms with E-state index in [0.717, 1.165) is 19.5 Å². The van der Waals surface area contributed by atoms with Gasteiger partial charge in [-0.15, -0.1) is 0 Å². The first kappa shape index (κ1) is 9.05. The number of rotatable bonds is 1. The quantitative estimate of drug-likeness (QED) is 0.586. The molecule has 0 radical (unpaired) electrons. The maximum Gasteiger partial charge on any atom is 0.236 e. The third-order valence-corrected chi connectivity index (χ3v) is 2.26. The Hall–Kier alpha value is -1.04. The lowest BCUT2D eigenvalue weighted by molar-refractivity contribution is -0.129. The van der Waals surface area contributed by atoms with Gasteiger partial charge in [-0.05, 0) is 11.8 Å². The topological polar surface area (TPSA) is 44.1 Å². The maximum atomic E-state index is 11.2. The second kappa shape index (κ2) is 3.14.